The SMILES string of the molecule is C=NC(C)/C=N\C. The van der Waals surface area contributed by atoms with Crippen LogP contribution in [0.15, 0.2) is 9.98 Å². The molecule has 0 aliphatic carbocycles. The first-order valence-electron chi connectivity index (χ1n) is 2.19. The average Bonchev–Trinajstić information content (AvgIpc) is 1.68. The second kappa shape index (κ2) is 3.53. The van der Waals surface area contributed by atoms with E-state index in [2.05, 4.69) is 16.7 Å². The van der Waals surface area contributed by atoms with Gasteiger partial charge in [-0.25, -0.2) is 0 Å². The molecule has 0 aliphatic heterocycles. The number of rotatable bonds is 2. The topological polar surface area (TPSA) is 24.7 Å². The molecule has 0 aromatic rings. The number of nitrogens with zero attached hydrogens (tertiary/aromatic N) is 2. The molecule has 0 spiro atoms. The minimum atomic E-state index is 0.171. The molecule has 0 aromatic carbocycles. The molecule has 0 bridgehead atoms. The zero-order valence-corrected chi connectivity index (χ0v) is 4.76. The summed E-state index contributed by atoms with van der Waals surface area (Å²) in [7, 11) is 1.72. The Morgan fingerprint density at radius 1 is 1.71 bits per heavy atom. The maximum atomic E-state index is 3.75. The van der Waals surface area contributed by atoms with E-state index in [1.54, 1.807) is 13.3 Å². The molecule has 0 aliphatic rings. The number of hydrogen-bond acceptors (Lipinski definition) is 2. The smallest absolute Gasteiger partial charge is 0.0810 e. The Bertz CT molecular complexity index is 76.1. The Balaban J connectivity index is 3.35. The Morgan fingerprint density at radius 2 is 2.29 bits per heavy atom. The van der Waals surface area contributed by atoms with Gasteiger partial charge in [-0.1, -0.05) is 0 Å². The Morgan fingerprint density at radius 3 is 2.43 bits per heavy atom. The van der Waals surface area contributed by atoms with Gasteiger partial charge < -0.3 is 0 Å². The van der Waals surface area contributed by atoms with Gasteiger partial charge in [-0.2, -0.15) is 0 Å². The van der Waals surface area contributed by atoms with Gasteiger partial charge in [0, 0.05) is 13.3 Å². The predicted molar refractivity (Wildman–Crippen MR) is 33.4 cm³/mol. The molecule has 0 saturated heterocycles. The highest BCUT2D eigenvalue weighted by atomic mass is 14.8. The van der Waals surface area contributed by atoms with E-state index in [0.29, 0.717) is 0 Å². The third-order valence-corrected chi connectivity index (χ3v) is 0.653. The standard InChI is InChI=1S/C5H10N2/c1-5(7-3)4-6-2/h4-5H,3H2,1-2H3/b6-4-. The van der Waals surface area contributed by atoms with E-state index in [1.807, 2.05) is 6.92 Å². The van der Waals surface area contributed by atoms with Crippen molar-refractivity contribution in [3.8, 4) is 0 Å². The zero-order chi connectivity index (χ0) is 5.70. The fourth-order valence-electron chi connectivity index (χ4n) is 0.263. The molecule has 0 fully saturated rings. The van der Waals surface area contributed by atoms with Crippen LogP contribution in [0.1, 0.15) is 6.92 Å². The summed E-state index contributed by atoms with van der Waals surface area (Å²) in [6, 6.07) is 0.171. The predicted octanol–water partition coefficient (Wildman–Crippen LogP) is 0.776. The third-order valence-electron chi connectivity index (χ3n) is 0.653. The fraction of sp³-hybridized carbons (Fsp3) is 0.600. The summed E-state index contributed by atoms with van der Waals surface area (Å²) < 4.78 is 0. The molecule has 0 amide bonds. The van der Waals surface area contributed by atoms with Crippen LogP contribution < -0.4 is 0 Å². The summed E-state index contributed by atoms with van der Waals surface area (Å²) >= 11 is 0. The van der Waals surface area contributed by atoms with Crippen molar-refractivity contribution in [2.24, 2.45) is 9.98 Å². The largest absolute Gasteiger partial charge is 0.299 e. The molecular weight excluding hydrogens is 88.1 g/mol. The van der Waals surface area contributed by atoms with Gasteiger partial charge in [-0.05, 0) is 13.6 Å². The summed E-state index contributed by atoms with van der Waals surface area (Å²) in [6.07, 6.45) is 1.74. The molecule has 2 heteroatoms. The first kappa shape index (κ1) is 6.34. The lowest BCUT2D eigenvalue weighted by Gasteiger charge is -1.89. The van der Waals surface area contributed by atoms with Crippen LogP contribution in [0.3, 0.4) is 0 Å². The highest BCUT2D eigenvalue weighted by Gasteiger charge is 1.83. The normalized spacial score (nSPS) is 14.6. The van der Waals surface area contributed by atoms with Gasteiger partial charge in [0.15, 0.2) is 0 Å². The quantitative estimate of drug-likeness (QED) is 0.456. The minimum absolute atomic E-state index is 0.171. The summed E-state index contributed by atoms with van der Waals surface area (Å²) in [4.78, 5) is 7.43. The van der Waals surface area contributed by atoms with Crippen LogP contribution in [-0.2, 0) is 0 Å². The van der Waals surface area contributed by atoms with Crippen LogP contribution in [0.25, 0.3) is 0 Å². The highest BCUT2D eigenvalue weighted by Crippen LogP contribution is 1.78. The van der Waals surface area contributed by atoms with Crippen molar-refractivity contribution < 1.29 is 0 Å². The van der Waals surface area contributed by atoms with Crippen LogP contribution in [0.4, 0.5) is 0 Å². The van der Waals surface area contributed by atoms with E-state index in [0.717, 1.165) is 0 Å². The van der Waals surface area contributed by atoms with Crippen LogP contribution in [0, 0.1) is 0 Å². The lowest BCUT2D eigenvalue weighted by atomic mass is 10.4. The molecule has 0 rings (SSSR count). The van der Waals surface area contributed by atoms with Gasteiger partial charge in [-0.3, -0.25) is 9.98 Å². The van der Waals surface area contributed by atoms with E-state index in [4.69, 9.17) is 0 Å². The molecule has 2 nitrogen and oxygen atoms in total. The fourth-order valence-corrected chi connectivity index (χ4v) is 0.263. The van der Waals surface area contributed by atoms with Gasteiger partial charge >= 0.3 is 0 Å². The van der Waals surface area contributed by atoms with E-state index in [-0.39, 0.29) is 6.04 Å². The molecule has 0 heterocycles. The van der Waals surface area contributed by atoms with Crippen molar-refractivity contribution >= 4 is 12.9 Å². The maximum absolute atomic E-state index is 3.75. The van der Waals surface area contributed by atoms with Gasteiger partial charge in [0.2, 0.25) is 0 Å². The van der Waals surface area contributed by atoms with Gasteiger partial charge in [-0.15, -0.1) is 0 Å². The summed E-state index contributed by atoms with van der Waals surface area (Å²) in [5, 5.41) is 0. The van der Waals surface area contributed by atoms with Gasteiger partial charge in [0.25, 0.3) is 0 Å². The monoisotopic (exact) mass is 98.1 g/mol. The summed E-state index contributed by atoms with van der Waals surface area (Å²) in [6.45, 7) is 5.27. The third kappa shape index (κ3) is 3.16. The number of aliphatic imine (C=N–C) groups is 2. The van der Waals surface area contributed by atoms with Crippen LogP contribution in [-0.4, -0.2) is 26.0 Å². The van der Waals surface area contributed by atoms with Gasteiger partial charge in [0.05, 0.1) is 6.04 Å². The van der Waals surface area contributed by atoms with Crippen molar-refractivity contribution in [3.63, 3.8) is 0 Å². The highest BCUT2D eigenvalue weighted by molar-refractivity contribution is 5.64. The molecule has 0 N–H and O–H groups in total. The lowest BCUT2D eigenvalue weighted by Crippen LogP contribution is -1.96. The van der Waals surface area contributed by atoms with E-state index in [1.165, 1.54) is 0 Å². The summed E-state index contributed by atoms with van der Waals surface area (Å²) in [5.41, 5.74) is 0. The van der Waals surface area contributed by atoms with E-state index >= 15 is 0 Å². The molecule has 7 heavy (non-hydrogen) atoms. The Kier molecular flexibility index (Phi) is 3.19. The Labute approximate surface area is 44.0 Å². The van der Waals surface area contributed by atoms with Crippen molar-refractivity contribution in [2.45, 2.75) is 13.0 Å². The van der Waals surface area contributed by atoms with Gasteiger partial charge in [0.1, 0.15) is 0 Å². The molecule has 0 aromatic heterocycles. The van der Waals surface area contributed by atoms with Crippen LogP contribution >= 0.6 is 0 Å². The lowest BCUT2D eigenvalue weighted by molar-refractivity contribution is 1.00. The van der Waals surface area contributed by atoms with Crippen LogP contribution in [0.2, 0.25) is 0 Å². The van der Waals surface area contributed by atoms with Crippen molar-refractivity contribution in [1.29, 1.82) is 0 Å². The van der Waals surface area contributed by atoms with Crippen molar-refractivity contribution in [1.82, 2.24) is 0 Å². The maximum Gasteiger partial charge on any atom is 0.0810 e. The average molecular weight is 98.1 g/mol. The van der Waals surface area contributed by atoms with Crippen molar-refractivity contribution in [2.75, 3.05) is 7.05 Å². The summed E-state index contributed by atoms with van der Waals surface area (Å²) in [5.74, 6) is 0. The molecule has 40 valence electrons. The first-order chi connectivity index (χ1) is 3.31. The molecule has 1 atom stereocenters. The molecule has 0 saturated carbocycles. The second-order valence-corrected chi connectivity index (χ2v) is 1.33. The Hall–Kier alpha value is -0.660. The molecule has 1 unspecified atom stereocenters. The first-order valence-corrected chi connectivity index (χ1v) is 2.19. The number of hydrogen-bond donors (Lipinski definition) is 0. The minimum Gasteiger partial charge on any atom is -0.299 e. The molecule has 0 radical (unpaired) electrons. The van der Waals surface area contributed by atoms with Crippen molar-refractivity contribution in [3.05, 3.63) is 0 Å². The second-order valence-electron chi connectivity index (χ2n) is 1.33. The molecular formula is C5H10N2. The zero-order valence-electron chi connectivity index (χ0n) is 4.76. The van der Waals surface area contributed by atoms with E-state index < -0.39 is 0 Å². The van der Waals surface area contributed by atoms with E-state index in [9.17, 15) is 0 Å². The van der Waals surface area contributed by atoms with Crippen LogP contribution in [0.5, 0.6) is 0 Å².